The maximum Gasteiger partial charge on any atom is 0.251 e. The number of amides is 2. The first-order chi connectivity index (χ1) is 13.4. The number of rotatable bonds is 8. The van der Waals surface area contributed by atoms with Gasteiger partial charge in [-0.1, -0.05) is 25.1 Å². The zero-order valence-electron chi connectivity index (χ0n) is 17.2. The Morgan fingerprint density at radius 3 is 2.25 bits per heavy atom. The highest BCUT2D eigenvalue weighted by atomic mass is 16.5. The maximum atomic E-state index is 12.5. The first-order valence-electron chi connectivity index (χ1n) is 9.29. The number of nitrogens with one attached hydrogen (secondary N) is 1. The molecule has 0 spiro atoms. The van der Waals surface area contributed by atoms with Crippen LogP contribution in [-0.2, 0) is 11.2 Å². The van der Waals surface area contributed by atoms with Crippen LogP contribution < -0.4 is 19.7 Å². The quantitative estimate of drug-likeness (QED) is 0.758. The summed E-state index contributed by atoms with van der Waals surface area (Å²) in [5, 5.41) is 2.87. The minimum Gasteiger partial charge on any atom is -0.497 e. The van der Waals surface area contributed by atoms with E-state index in [0.29, 0.717) is 30.2 Å². The number of hydrogen-bond acceptors (Lipinski definition) is 4. The Bertz CT molecular complexity index is 826. The van der Waals surface area contributed by atoms with Gasteiger partial charge in [0.25, 0.3) is 5.91 Å². The summed E-state index contributed by atoms with van der Waals surface area (Å²) in [5.74, 6) is 0.784. The average molecular weight is 384 g/mol. The number of para-hydroxylation sites is 1. The molecule has 2 amide bonds. The van der Waals surface area contributed by atoms with Crippen molar-refractivity contribution in [2.75, 3.05) is 32.2 Å². The number of ether oxygens (including phenoxy) is 2. The number of aryl methyl sites for hydroxylation is 2. The van der Waals surface area contributed by atoms with Crippen molar-refractivity contribution in [1.82, 2.24) is 5.32 Å². The van der Waals surface area contributed by atoms with Crippen molar-refractivity contribution < 1.29 is 19.1 Å². The van der Waals surface area contributed by atoms with Gasteiger partial charge in [0.05, 0.1) is 14.2 Å². The Hall–Kier alpha value is -3.02. The molecule has 0 aromatic heterocycles. The first kappa shape index (κ1) is 21.3. The summed E-state index contributed by atoms with van der Waals surface area (Å²) in [4.78, 5) is 26.5. The normalized spacial score (nSPS) is 10.3. The summed E-state index contributed by atoms with van der Waals surface area (Å²) in [6.07, 6.45) is 0.830. The van der Waals surface area contributed by atoms with Crippen molar-refractivity contribution in [1.29, 1.82) is 0 Å². The maximum absolute atomic E-state index is 12.5. The summed E-state index contributed by atoms with van der Waals surface area (Å²) < 4.78 is 10.4. The molecule has 0 heterocycles. The monoisotopic (exact) mass is 384 g/mol. The molecule has 2 aromatic carbocycles. The van der Waals surface area contributed by atoms with Gasteiger partial charge in [-0.3, -0.25) is 9.59 Å². The Morgan fingerprint density at radius 2 is 1.71 bits per heavy atom. The Kier molecular flexibility index (Phi) is 7.44. The lowest BCUT2D eigenvalue weighted by Gasteiger charge is -2.26. The van der Waals surface area contributed by atoms with E-state index in [4.69, 9.17) is 9.47 Å². The van der Waals surface area contributed by atoms with Gasteiger partial charge in [0, 0.05) is 37.3 Å². The zero-order chi connectivity index (χ0) is 20.7. The molecule has 0 aliphatic rings. The van der Waals surface area contributed by atoms with E-state index in [9.17, 15) is 9.59 Å². The zero-order valence-corrected chi connectivity index (χ0v) is 17.2. The molecule has 150 valence electrons. The van der Waals surface area contributed by atoms with Crippen LogP contribution in [0.3, 0.4) is 0 Å². The van der Waals surface area contributed by atoms with E-state index in [2.05, 4.69) is 12.2 Å². The van der Waals surface area contributed by atoms with Crippen LogP contribution in [0.4, 0.5) is 5.69 Å². The lowest BCUT2D eigenvalue weighted by atomic mass is 10.0. The van der Waals surface area contributed by atoms with Crippen LogP contribution in [0.2, 0.25) is 0 Å². The predicted molar refractivity (Wildman–Crippen MR) is 110 cm³/mol. The molecule has 0 aliphatic carbocycles. The average Bonchev–Trinajstić information content (AvgIpc) is 2.70. The second kappa shape index (κ2) is 9.78. The molecule has 0 aliphatic heterocycles. The molecule has 2 aromatic rings. The molecule has 0 unspecified atom stereocenters. The summed E-state index contributed by atoms with van der Waals surface area (Å²) in [5.41, 5.74) is 3.52. The van der Waals surface area contributed by atoms with E-state index >= 15 is 0 Å². The van der Waals surface area contributed by atoms with E-state index in [1.807, 2.05) is 25.1 Å². The summed E-state index contributed by atoms with van der Waals surface area (Å²) >= 11 is 0. The van der Waals surface area contributed by atoms with Gasteiger partial charge < -0.3 is 19.7 Å². The van der Waals surface area contributed by atoms with Crippen molar-refractivity contribution in [3.8, 4) is 11.5 Å². The smallest absolute Gasteiger partial charge is 0.251 e. The van der Waals surface area contributed by atoms with E-state index in [1.54, 1.807) is 30.0 Å². The van der Waals surface area contributed by atoms with Crippen molar-refractivity contribution >= 4 is 17.5 Å². The van der Waals surface area contributed by atoms with Crippen LogP contribution in [0.1, 0.15) is 35.3 Å². The summed E-state index contributed by atoms with van der Waals surface area (Å²) in [7, 11) is 3.07. The lowest BCUT2D eigenvalue weighted by Crippen LogP contribution is -2.38. The molecule has 2 rings (SSSR count). The van der Waals surface area contributed by atoms with Gasteiger partial charge in [0.1, 0.15) is 11.5 Å². The van der Waals surface area contributed by atoms with Gasteiger partial charge >= 0.3 is 0 Å². The molecule has 1 N–H and O–H groups in total. The largest absolute Gasteiger partial charge is 0.497 e. The fourth-order valence-electron chi connectivity index (χ4n) is 3.14. The predicted octanol–water partition coefficient (Wildman–Crippen LogP) is 3.36. The molecule has 0 bridgehead atoms. The van der Waals surface area contributed by atoms with Gasteiger partial charge in [0.2, 0.25) is 5.91 Å². The molecule has 28 heavy (non-hydrogen) atoms. The summed E-state index contributed by atoms with van der Waals surface area (Å²) in [6, 6.07) is 11.0. The topological polar surface area (TPSA) is 67.9 Å². The molecular formula is C22H28N2O4. The Labute approximate surface area is 166 Å². The third-order valence-corrected chi connectivity index (χ3v) is 4.59. The van der Waals surface area contributed by atoms with Gasteiger partial charge in [-0.2, -0.15) is 0 Å². The molecule has 0 atom stereocenters. The highest BCUT2D eigenvalue weighted by molar-refractivity contribution is 5.96. The molecular weight excluding hydrogens is 356 g/mol. The van der Waals surface area contributed by atoms with Crippen LogP contribution in [0.5, 0.6) is 11.5 Å². The molecule has 6 nitrogen and oxygen atoms in total. The van der Waals surface area contributed by atoms with Crippen LogP contribution in [-0.4, -0.2) is 39.1 Å². The highest BCUT2D eigenvalue weighted by Crippen LogP contribution is 2.26. The van der Waals surface area contributed by atoms with E-state index in [1.165, 1.54) is 14.2 Å². The van der Waals surface area contributed by atoms with E-state index in [-0.39, 0.29) is 11.8 Å². The fourth-order valence-corrected chi connectivity index (χ4v) is 3.14. The fraction of sp³-hybridized carbons (Fsp3) is 0.364. The number of benzene rings is 2. The van der Waals surface area contributed by atoms with Gasteiger partial charge in [-0.15, -0.1) is 0 Å². The molecule has 0 saturated carbocycles. The van der Waals surface area contributed by atoms with Crippen LogP contribution in [0.25, 0.3) is 0 Å². The van der Waals surface area contributed by atoms with Crippen LogP contribution in [0.15, 0.2) is 36.4 Å². The van der Waals surface area contributed by atoms with Crippen molar-refractivity contribution in [3.05, 3.63) is 53.1 Å². The van der Waals surface area contributed by atoms with Gasteiger partial charge in [0.15, 0.2) is 0 Å². The Morgan fingerprint density at radius 1 is 1.07 bits per heavy atom. The minimum atomic E-state index is -0.249. The number of hydrogen-bond donors (Lipinski definition) is 1. The van der Waals surface area contributed by atoms with Crippen LogP contribution >= 0.6 is 0 Å². The van der Waals surface area contributed by atoms with E-state index in [0.717, 1.165) is 23.2 Å². The number of carbonyl (C=O) groups is 2. The first-order valence-corrected chi connectivity index (χ1v) is 9.29. The lowest BCUT2D eigenvalue weighted by molar-refractivity contribution is -0.116. The third kappa shape index (κ3) is 5.03. The van der Waals surface area contributed by atoms with Crippen molar-refractivity contribution in [2.24, 2.45) is 0 Å². The number of nitrogens with zero attached hydrogens (tertiary/aromatic N) is 1. The standard InChI is InChI=1S/C22H28N2O4/c1-6-17-9-7-8-15(2)21(17)24(16(3)25)11-10-23-22(26)18-12-19(27-4)14-20(13-18)28-5/h7-9,12-14H,6,10-11H2,1-5H3,(H,23,26). The number of anilines is 1. The van der Waals surface area contributed by atoms with Crippen molar-refractivity contribution in [2.45, 2.75) is 27.2 Å². The van der Waals surface area contributed by atoms with E-state index < -0.39 is 0 Å². The minimum absolute atomic E-state index is 0.0544. The van der Waals surface area contributed by atoms with Gasteiger partial charge in [-0.25, -0.2) is 0 Å². The Balaban J connectivity index is 2.12. The second-order valence-electron chi connectivity index (χ2n) is 6.46. The number of carbonyl (C=O) groups excluding carboxylic acids is 2. The molecule has 0 radical (unpaired) electrons. The van der Waals surface area contributed by atoms with Gasteiger partial charge in [-0.05, 0) is 36.6 Å². The third-order valence-electron chi connectivity index (χ3n) is 4.59. The summed E-state index contributed by atoms with van der Waals surface area (Å²) in [6.45, 7) is 6.32. The molecule has 6 heteroatoms. The molecule has 0 saturated heterocycles. The second-order valence-corrected chi connectivity index (χ2v) is 6.46. The highest BCUT2D eigenvalue weighted by Gasteiger charge is 2.17. The van der Waals surface area contributed by atoms with Crippen LogP contribution in [0, 0.1) is 6.92 Å². The molecule has 0 fully saturated rings. The number of methoxy groups -OCH3 is 2. The SMILES string of the molecule is CCc1cccc(C)c1N(CCNC(=O)c1cc(OC)cc(OC)c1)C(C)=O. The van der Waals surface area contributed by atoms with Crippen molar-refractivity contribution in [3.63, 3.8) is 0 Å².